The van der Waals surface area contributed by atoms with Gasteiger partial charge >= 0.3 is 0 Å². The molecule has 2 aromatic rings. The molecule has 0 bridgehead atoms. The van der Waals surface area contributed by atoms with Gasteiger partial charge < -0.3 is 10.6 Å². The Morgan fingerprint density at radius 3 is 2.34 bits per heavy atom. The first-order valence-electron chi connectivity index (χ1n) is 12.0. The highest BCUT2D eigenvalue weighted by Gasteiger charge is 2.14. The van der Waals surface area contributed by atoms with Gasteiger partial charge in [0, 0.05) is 24.0 Å². The zero-order valence-corrected chi connectivity index (χ0v) is 19.8. The van der Waals surface area contributed by atoms with Crippen molar-refractivity contribution in [3.63, 3.8) is 0 Å². The molecule has 0 amide bonds. The monoisotopic (exact) mass is 426 g/mol. The van der Waals surface area contributed by atoms with Crippen LogP contribution in [-0.2, 0) is 6.54 Å². The third-order valence-electron chi connectivity index (χ3n) is 6.10. The van der Waals surface area contributed by atoms with E-state index in [2.05, 4.69) is 104 Å². The van der Waals surface area contributed by atoms with Crippen LogP contribution >= 0.6 is 0 Å². The van der Waals surface area contributed by atoms with Crippen molar-refractivity contribution in [3.8, 4) is 0 Å². The van der Waals surface area contributed by atoms with Crippen LogP contribution in [0.25, 0.3) is 17.0 Å². The Labute approximate surface area is 194 Å². The summed E-state index contributed by atoms with van der Waals surface area (Å²) in [6.07, 6.45) is 14.0. The van der Waals surface area contributed by atoms with Crippen LogP contribution in [0.2, 0.25) is 0 Å². The molecule has 0 saturated heterocycles. The average Bonchev–Trinajstić information content (AvgIpc) is 2.83. The van der Waals surface area contributed by atoms with Gasteiger partial charge in [0.1, 0.15) is 0 Å². The highest BCUT2D eigenvalue weighted by Crippen LogP contribution is 2.22. The maximum Gasteiger partial charge on any atom is 0.0401 e. The highest BCUT2D eigenvalue weighted by molar-refractivity contribution is 5.75. The van der Waals surface area contributed by atoms with Gasteiger partial charge in [-0.25, -0.2) is 0 Å². The molecule has 2 aromatic carbocycles. The second kappa shape index (κ2) is 12.1. The first-order chi connectivity index (χ1) is 15.6. The summed E-state index contributed by atoms with van der Waals surface area (Å²) in [6.45, 7) is 13.5. The fourth-order valence-electron chi connectivity index (χ4n) is 4.30. The number of nitrogens with one attached hydrogen (secondary N) is 2. The number of hydrogen-bond acceptors (Lipinski definition) is 2. The van der Waals surface area contributed by atoms with Crippen molar-refractivity contribution in [2.24, 2.45) is 0 Å². The zero-order chi connectivity index (χ0) is 22.8. The lowest BCUT2D eigenvalue weighted by Gasteiger charge is -2.25. The minimum Gasteiger partial charge on any atom is -0.382 e. The molecule has 1 aliphatic carbocycles. The van der Waals surface area contributed by atoms with Crippen molar-refractivity contribution in [2.75, 3.05) is 0 Å². The van der Waals surface area contributed by atoms with Crippen molar-refractivity contribution >= 4 is 17.0 Å². The van der Waals surface area contributed by atoms with Gasteiger partial charge in [0.2, 0.25) is 0 Å². The molecular formula is C30H38N2. The Kier molecular flexibility index (Phi) is 8.98. The number of benzene rings is 2. The van der Waals surface area contributed by atoms with Gasteiger partial charge in [-0.05, 0) is 60.1 Å². The largest absolute Gasteiger partial charge is 0.382 e. The Bertz CT molecular complexity index is 957. The van der Waals surface area contributed by atoms with Gasteiger partial charge in [0.05, 0.1) is 0 Å². The van der Waals surface area contributed by atoms with E-state index in [1.807, 2.05) is 0 Å². The quantitative estimate of drug-likeness (QED) is 0.380. The van der Waals surface area contributed by atoms with E-state index in [0.717, 1.165) is 29.9 Å². The standard InChI is InChI=1S/C30H38N2/c1-5-11-27(12-6-2)28-19-17-26(18-20-28)23(3)31-22-25-13-10-14-29(21-25)24(4)32-30-15-8-7-9-16-30/h5,10-14,17-21,30-32H,3-4,6-9,15-16,22H2,1-2H3/b11-5-,27-12+. The molecule has 0 radical (unpaired) electrons. The van der Waals surface area contributed by atoms with Crippen LogP contribution in [-0.4, -0.2) is 6.04 Å². The number of allylic oxidation sites excluding steroid dienone is 4. The van der Waals surface area contributed by atoms with Crippen LogP contribution in [0.3, 0.4) is 0 Å². The summed E-state index contributed by atoms with van der Waals surface area (Å²) in [7, 11) is 0. The summed E-state index contributed by atoms with van der Waals surface area (Å²) in [5.74, 6) is 0. The highest BCUT2D eigenvalue weighted by atomic mass is 14.9. The Hall–Kier alpha value is -3.00. The maximum absolute atomic E-state index is 4.29. The van der Waals surface area contributed by atoms with Crippen molar-refractivity contribution in [1.29, 1.82) is 0 Å². The first-order valence-corrected chi connectivity index (χ1v) is 12.0. The van der Waals surface area contributed by atoms with E-state index in [0.29, 0.717) is 6.04 Å². The predicted molar refractivity (Wildman–Crippen MR) is 141 cm³/mol. The summed E-state index contributed by atoms with van der Waals surface area (Å²) in [5, 5.41) is 7.13. The lowest BCUT2D eigenvalue weighted by atomic mass is 9.95. The molecule has 1 aliphatic rings. The van der Waals surface area contributed by atoms with Crippen molar-refractivity contribution < 1.29 is 0 Å². The van der Waals surface area contributed by atoms with Crippen LogP contribution < -0.4 is 10.6 Å². The van der Waals surface area contributed by atoms with Gasteiger partial charge in [0.25, 0.3) is 0 Å². The molecular weight excluding hydrogens is 388 g/mol. The molecule has 0 spiro atoms. The van der Waals surface area contributed by atoms with Crippen molar-refractivity contribution in [3.05, 3.63) is 102 Å². The van der Waals surface area contributed by atoms with E-state index < -0.39 is 0 Å². The van der Waals surface area contributed by atoms with E-state index in [4.69, 9.17) is 0 Å². The minimum atomic E-state index is 0.571. The third-order valence-corrected chi connectivity index (χ3v) is 6.10. The predicted octanol–water partition coefficient (Wildman–Crippen LogP) is 7.71. The first kappa shape index (κ1) is 23.7. The minimum absolute atomic E-state index is 0.571. The molecule has 1 fully saturated rings. The SMILES string of the molecule is C=C(NCc1cccc(C(=C)NC2CCCCC2)c1)c1ccc(C(/C=C\C)=C/CC)cc1. The van der Waals surface area contributed by atoms with E-state index in [-0.39, 0.29) is 0 Å². The van der Waals surface area contributed by atoms with Crippen molar-refractivity contribution in [1.82, 2.24) is 10.6 Å². The van der Waals surface area contributed by atoms with Gasteiger partial charge in [-0.2, -0.15) is 0 Å². The molecule has 3 rings (SSSR count). The smallest absolute Gasteiger partial charge is 0.0401 e. The van der Waals surface area contributed by atoms with Crippen molar-refractivity contribution in [2.45, 2.75) is 65.0 Å². The van der Waals surface area contributed by atoms with E-state index in [1.54, 1.807) is 0 Å². The molecule has 2 nitrogen and oxygen atoms in total. The molecule has 0 heterocycles. The fourth-order valence-corrected chi connectivity index (χ4v) is 4.30. The number of hydrogen-bond donors (Lipinski definition) is 2. The number of rotatable bonds is 10. The van der Waals surface area contributed by atoms with Crippen LogP contribution in [0.15, 0.2) is 79.9 Å². The Morgan fingerprint density at radius 2 is 1.66 bits per heavy atom. The van der Waals surface area contributed by atoms with Crippen LogP contribution in [0, 0.1) is 0 Å². The molecule has 32 heavy (non-hydrogen) atoms. The summed E-state index contributed by atoms with van der Waals surface area (Å²) in [4.78, 5) is 0. The maximum atomic E-state index is 4.29. The summed E-state index contributed by atoms with van der Waals surface area (Å²) >= 11 is 0. The summed E-state index contributed by atoms with van der Waals surface area (Å²) in [5.41, 5.74) is 7.98. The van der Waals surface area contributed by atoms with Gasteiger partial charge in [-0.15, -0.1) is 0 Å². The van der Waals surface area contributed by atoms with E-state index >= 15 is 0 Å². The van der Waals surface area contributed by atoms with Crippen LogP contribution in [0.5, 0.6) is 0 Å². The van der Waals surface area contributed by atoms with E-state index in [1.165, 1.54) is 54.4 Å². The lowest BCUT2D eigenvalue weighted by molar-refractivity contribution is 0.409. The molecule has 2 N–H and O–H groups in total. The third kappa shape index (κ3) is 6.75. The topological polar surface area (TPSA) is 24.1 Å². The van der Waals surface area contributed by atoms with Gasteiger partial charge in [-0.3, -0.25) is 0 Å². The average molecular weight is 427 g/mol. The summed E-state index contributed by atoms with van der Waals surface area (Å²) in [6, 6.07) is 17.8. The normalized spacial score (nSPS) is 15.0. The second-order valence-electron chi connectivity index (χ2n) is 8.64. The van der Waals surface area contributed by atoms with Gasteiger partial charge in [-0.1, -0.05) is 100 Å². The molecule has 168 valence electrons. The lowest BCUT2D eigenvalue weighted by Crippen LogP contribution is -2.29. The second-order valence-corrected chi connectivity index (χ2v) is 8.64. The molecule has 0 aromatic heterocycles. The molecule has 2 heteroatoms. The van der Waals surface area contributed by atoms with Crippen LogP contribution in [0.1, 0.15) is 74.6 Å². The van der Waals surface area contributed by atoms with E-state index in [9.17, 15) is 0 Å². The Balaban J connectivity index is 1.58. The van der Waals surface area contributed by atoms with Gasteiger partial charge in [0.15, 0.2) is 0 Å². The summed E-state index contributed by atoms with van der Waals surface area (Å²) < 4.78 is 0. The fraction of sp³-hybridized carbons (Fsp3) is 0.333. The zero-order valence-electron chi connectivity index (χ0n) is 19.8. The molecule has 0 atom stereocenters. The van der Waals surface area contributed by atoms with Crippen LogP contribution in [0.4, 0.5) is 0 Å². The molecule has 1 saturated carbocycles. The molecule has 0 unspecified atom stereocenters. The Morgan fingerprint density at radius 1 is 0.938 bits per heavy atom. The molecule has 0 aliphatic heterocycles.